The molecule has 0 saturated heterocycles. The van der Waals surface area contributed by atoms with E-state index in [4.69, 9.17) is 10.8 Å². The third kappa shape index (κ3) is 3.03. The molecule has 0 aromatic carbocycles. The molecule has 0 amide bonds. The molecule has 6 heteroatoms. The summed E-state index contributed by atoms with van der Waals surface area (Å²) in [5, 5.41) is 9.10. The third-order valence-corrected chi connectivity index (χ3v) is 2.98. The lowest BCUT2D eigenvalue weighted by molar-refractivity contribution is 0.0698. The number of nitrogens with two attached hydrogens (primary N) is 1. The van der Waals surface area contributed by atoms with Crippen LogP contribution in [-0.4, -0.2) is 27.6 Å². The summed E-state index contributed by atoms with van der Waals surface area (Å²) in [4.78, 5) is 21.3. The summed E-state index contributed by atoms with van der Waals surface area (Å²) >= 11 is 0. The van der Waals surface area contributed by atoms with Gasteiger partial charge in [-0.15, -0.1) is 0 Å². The minimum Gasteiger partial charge on any atom is -0.478 e. The van der Waals surface area contributed by atoms with Crippen molar-refractivity contribution in [3.63, 3.8) is 0 Å². The quantitative estimate of drug-likeness (QED) is 0.862. The molecule has 2 heterocycles. The smallest absolute Gasteiger partial charge is 0.337 e. The van der Waals surface area contributed by atoms with Gasteiger partial charge < -0.3 is 15.7 Å². The monoisotopic (exact) mass is 272 g/mol. The molecule has 3 N–H and O–H groups in total. The van der Waals surface area contributed by atoms with Gasteiger partial charge in [-0.05, 0) is 30.7 Å². The van der Waals surface area contributed by atoms with E-state index in [1.807, 2.05) is 24.0 Å². The maximum absolute atomic E-state index is 11.1. The molecule has 0 fully saturated rings. The minimum absolute atomic E-state index is 0.0724. The van der Waals surface area contributed by atoms with Crippen molar-refractivity contribution in [3.05, 3.63) is 47.9 Å². The van der Waals surface area contributed by atoms with Crippen molar-refractivity contribution < 1.29 is 9.90 Å². The van der Waals surface area contributed by atoms with Crippen LogP contribution in [0.15, 0.2) is 36.8 Å². The molecule has 0 bridgehead atoms. The van der Waals surface area contributed by atoms with E-state index in [2.05, 4.69) is 9.97 Å². The molecule has 0 radical (unpaired) electrons. The fourth-order valence-corrected chi connectivity index (χ4v) is 1.88. The number of carboxylic acids is 1. The zero-order valence-corrected chi connectivity index (χ0v) is 11.2. The lowest BCUT2D eigenvalue weighted by atomic mass is 10.2. The standard InChI is InChI=1S/C14H16N4O2/c1-2-18(9-10-3-5-16-6-4-10)13-7-11(14(19)20)12(15)8-17-13/h3-8H,2,9,15H2,1H3,(H,19,20). The van der Waals surface area contributed by atoms with E-state index < -0.39 is 5.97 Å². The number of aromatic carboxylic acids is 1. The largest absolute Gasteiger partial charge is 0.478 e. The van der Waals surface area contributed by atoms with Gasteiger partial charge in [0.1, 0.15) is 5.82 Å². The van der Waals surface area contributed by atoms with Crippen LogP contribution in [0.4, 0.5) is 11.5 Å². The molecule has 6 nitrogen and oxygen atoms in total. The van der Waals surface area contributed by atoms with Crippen molar-refractivity contribution in [2.24, 2.45) is 0 Å². The van der Waals surface area contributed by atoms with E-state index in [1.54, 1.807) is 12.4 Å². The van der Waals surface area contributed by atoms with Gasteiger partial charge in [-0.25, -0.2) is 9.78 Å². The second-order valence-electron chi connectivity index (χ2n) is 4.30. The average molecular weight is 272 g/mol. The Balaban J connectivity index is 2.28. The molecule has 0 spiro atoms. The molecule has 2 rings (SSSR count). The van der Waals surface area contributed by atoms with Crippen molar-refractivity contribution in [3.8, 4) is 0 Å². The van der Waals surface area contributed by atoms with Crippen molar-refractivity contribution in [1.29, 1.82) is 0 Å². The van der Waals surface area contributed by atoms with Gasteiger partial charge in [-0.2, -0.15) is 0 Å². The van der Waals surface area contributed by atoms with Crippen LogP contribution in [0.25, 0.3) is 0 Å². The Bertz CT molecular complexity index is 601. The van der Waals surface area contributed by atoms with Crippen LogP contribution in [0, 0.1) is 0 Å². The van der Waals surface area contributed by atoms with Crippen LogP contribution in [0.5, 0.6) is 0 Å². The third-order valence-electron chi connectivity index (χ3n) is 2.98. The summed E-state index contributed by atoms with van der Waals surface area (Å²) in [5.74, 6) is -0.456. The number of rotatable bonds is 5. The molecule has 0 aliphatic carbocycles. The number of hydrogen-bond acceptors (Lipinski definition) is 5. The number of nitrogens with zero attached hydrogens (tertiary/aromatic N) is 3. The Morgan fingerprint density at radius 1 is 1.40 bits per heavy atom. The summed E-state index contributed by atoms with van der Waals surface area (Å²) in [6.45, 7) is 3.33. The number of anilines is 2. The molecule has 0 unspecified atom stereocenters. The van der Waals surface area contributed by atoms with Gasteiger partial charge in [0.25, 0.3) is 0 Å². The summed E-state index contributed by atoms with van der Waals surface area (Å²) in [6, 6.07) is 5.33. The zero-order valence-electron chi connectivity index (χ0n) is 11.2. The highest BCUT2D eigenvalue weighted by Crippen LogP contribution is 2.19. The Hall–Kier alpha value is -2.63. The zero-order chi connectivity index (χ0) is 14.5. The second-order valence-corrected chi connectivity index (χ2v) is 4.30. The highest BCUT2D eigenvalue weighted by atomic mass is 16.4. The van der Waals surface area contributed by atoms with Crippen LogP contribution in [0.2, 0.25) is 0 Å². The first-order valence-electron chi connectivity index (χ1n) is 6.24. The second kappa shape index (κ2) is 6.01. The van der Waals surface area contributed by atoms with Crippen LogP contribution in [0.3, 0.4) is 0 Å². The number of nitrogen functional groups attached to an aromatic ring is 1. The minimum atomic E-state index is -1.05. The van der Waals surface area contributed by atoms with Crippen LogP contribution in [-0.2, 0) is 6.54 Å². The molecule has 0 aliphatic rings. The fraction of sp³-hybridized carbons (Fsp3) is 0.214. The van der Waals surface area contributed by atoms with E-state index in [-0.39, 0.29) is 11.3 Å². The number of carboxylic acid groups (broad SMARTS) is 1. The van der Waals surface area contributed by atoms with Crippen molar-refractivity contribution >= 4 is 17.5 Å². The molecular formula is C14H16N4O2. The number of pyridine rings is 2. The van der Waals surface area contributed by atoms with E-state index in [0.29, 0.717) is 18.9 Å². The molecule has 0 saturated carbocycles. The Morgan fingerprint density at radius 3 is 2.70 bits per heavy atom. The topological polar surface area (TPSA) is 92.3 Å². The highest BCUT2D eigenvalue weighted by Gasteiger charge is 2.13. The first kappa shape index (κ1) is 13.8. The average Bonchev–Trinajstić information content (AvgIpc) is 2.46. The van der Waals surface area contributed by atoms with E-state index in [9.17, 15) is 4.79 Å². The fourth-order valence-electron chi connectivity index (χ4n) is 1.88. The van der Waals surface area contributed by atoms with Gasteiger partial charge in [0.15, 0.2) is 0 Å². The summed E-state index contributed by atoms with van der Waals surface area (Å²) in [7, 11) is 0. The molecule has 2 aromatic rings. The number of hydrogen-bond donors (Lipinski definition) is 2. The van der Waals surface area contributed by atoms with E-state index in [1.165, 1.54) is 12.3 Å². The number of carbonyl (C=O) groups is 1. The SMILES string of the molecule is CCN(Cc1ccncc1)c1cc(C(=O)O)c(N)cn1. The van der Waals surface area contributed by atoms with Crippen molar-refractivity contribution in [1.82, 2.24) is 9.97 Å². The van der Waals surface area contributed by atoms with Crippen molar-refractivity contribution in [2.45, 2.75) is 13.5 Å². The van der Waals surface area contributed by atoms with Gasteiger partial charge in [0.2, 0.25) is 0 Å². The summed E-state index contributed by atoms with van der Waals surface area (Å²) in [6.07, 6.45) is 4.83. The van der Waals surface area contributed by atoms with Gasteiger partial charge in [0.05, 0.1) is 17.4 Å². The maximum atomic E-state index is 11.1. The predicted octanol–water partition coefficient (Wildman–Crippen LogP) is 1.78. The molecule has 2 aromatic heterocycles. The number of aromatic nitrogens is 2. The Kier molecular flexibility index (Phi) is 4.14. The first-order valence-corrected chi connectivity index (χ1v) is 6.24. The molecule has 104 valence electrons. The van der Waals surface area contributed by atoms with Crippen LogP contribution < -0.4 is 10.6 Å². The van der Waals surface area contributed by atoms with Crippen molar-refractivity contribution in [2.75, 3.05) is 17.2 Å². The first-order chi connectivity index (χ1) is 9.61. The normalized spacial score (nSPS) is 10.2. The maximum Gasteiger partial charge on any atom is 0.337 e. The Labute approximate surface area is 116 Å². The molecule has 20 heavy (non-hydrogen) atoms. The summed E-state index contributed by atoms with van der Waals surface area (Å²) < 4.78 is 0. The van der Waals surface area contributed by atoms with Gasteiger partial charge >= 0.3 is 5.97 Å². The van der Waals surface area contributed by atoms with Gasteiger partial charge in [-0.3, -0.25) is 4.98 Å². The van der Waals surface area contributed by atoms with E-state index in [0.717, 1.165) is 5.56 Å². The Morgan fingerprint density at radius 2 is 2.10 bits per heavy atom. The molecule has 0 aliphatic heterocycles. The molecular weight excluding hydrogens is 256 g/mol. The van der Waals surface area contributed by atoms with Gasteiger partial charge in [0, 0.05) is 25.5 Å². The lowest BCUT2D eigenvalue weighted by Gasteiger charge is -2.22. The van der Waals surface area contributed by atoms with Crippen LogP contribution in [0.1, 0.15) is 22.8 Å². The summed E-state index contributed by atoms with van der Waals surface area (Å²) in [5.41, 5.74) is 6.94. The highest BCUT2D eigenvalue weighted by molar-refractivity contribution is 5.94. The predicted molar refractivity (Wildman–Crippen MR) is 76.6 cm³/mol. The lowest BCUT2D eigenvalue weighted by Crippen LogP contribution is -2.23. The van der Waals surface area contributed by atoms with Crippen LogP contribution >= 0.6 is 0 Å². The van der Waals surface area contributed by atoms with E-state index >= 15 is 0 Å². The van der Waals surface area contributed by atoms with Gasteiger partial charge in [-0.1, -0.05) is 0 Å². The molecule has 0 atom stereocenters.